The molecule has 2 rings (SSSR count). The van der Waals surface area contributed by atoms with E-state index >= 15 is 0 Å². The highest BCUT2D eigenvalue weighted by Gasteiger charge is 2.18. The Bertz CT molecular complexity index is 623. The van der Waals surface area contributed by atoms with Crippen LogP contribution in [0.2, 0.25) is 0 Å². The molecule has 0 bridgehead atoms. The van der Waals surface area contributed by atoms with E-state index < -0.39 is 0 Å². The molecule has 1 N–H and O–H groups in total. The van der Waals surface area contributed by atoms with Crippen molar-refractivity contribution in [1.82, 2.24) is 5.32 Å². The Morgan fingerprint density at radius 2 is 1.57 bits per heavy atom. The monoisotopic (exact) mass is 345 g/mol. The summed E-state index contributed by atoms with van der Waals surface area (Å²) in [5.74, 6) is 0. The predicted molar refractivity (Wildman–Crippen MR) is 95.1 cm³/mol. The van der Waals surface area contributed by atoms with Gasteiger partial charge in [0, 0.05) is 4.47 Å². The van der Waals surface area contributed by atoms with Crippen LogP contribution in [0.15, 0.2) is 34.8 Å². The van der Waals surface area contributed by atoms with E-state index in [0.717, 1.165) is 6.54 Å². The second-order valence-electron chi connectivity index (χ2n) is 5.81. The van der Waals surface area contributed by atoms with Crippen molar-refractivity contribution >= 4 is 15.9 Å². The van der Waals surface area contributed by atoms with E-state index in [4.69, 9.17) is 0 Å². The van der Waals surface area contributed by atoms with Gasteiger partial charge in [0.1, 0.15) is 0 Å². The van der Waals surface area contributed by atoms with E-state index in [9.17, 15) is 0 Å². The maximum Gasteiger partial charge on any atom is 0.0581 e. The van der Waals surface area contributed by atoms with E-state index in [-0.39, 0.29) is 6.04 Å². The molecule has 1 unspecified atom stereocenters. The maximum absolute atomic E-state index is 3.65. The zero-order chi connectivity index (χ0) is 15.6. The molecule has 0 fully saturated rings. The van der Waals surface area contributed by atoms with Crippen LogP contribution in [0.5, 0.6) is 0 Å². The minimum atomic E-state index is 0.252. The minimum Gasteiger partial charge on any atom is -0.307 e. The van der Waals surface area contributed by atoms with Gasteiger partial charge < -0.3 is 5.32 Å². The van der Waals surface area contributed by atoms with Gasteiger partial charge in [-0.15, -0.1) is 0 Å². The molecule has 0 amide bonds. The van der Waals surface area contributed by atoms with Crippen LogP contribution in [0.1, 0.15) is 46.3 Å². The van der Waals surface area contributed by atoms with Gasteiger partial charge in [-0.25, -0.2) is 0 Å². The summed E-state index contributed by atoms with van der Waals surface area (Å²) in [5.41, 5.74) is 8.06. The molecule has 2 aromatic carbocycles. The second kappa shape index (κ2) is 6.76. The van der Waals surface area contributed by atoms with Gasteiger partial charge in [-0.1, -0.05) is 52.7 Å². The summed E-state index contributed by atoms with van der Waals surface area (Å²) in [6.07, 6.45) is 0. The van der Waals surface area contributed by atoms with Crippen LogP contribution < -0.4 is 5.32 Å². The van der Waals surface area contributed by atoms with Crippen LogP contribution in [-0.4, -0.2) is 6.54 Å². The molecule has 0 radical (unpaired) electrons. The molecule has 0 heterocycles. The Kier molecular flexibility index (Phi) is 5.23. The van der Waals surface area contributed by atoms with Gasteiger partial charge in [0.2, 0.25) is 0 Å². The topological polar surface area (TPSA) is 12.0 Å². The fraction of sp³-hybridized carbons (Fsp3) is 0.368. The Balaban J connectivity index is 2.55. The fourth-order valence-electron chi connectivity index (χ4n) is 3.08. The molecule has 1 nitrogen and oxygen atoms in total. The first kappa shape index (κ1) is 16.3. The third-order valence-electron chi connectivity index (χ3n) is 3.95. The SMILES string of the molecule is CCNC(c1ccc(Br)c(C)c1)c1c(C)cc(C)cc1C. The van der Waals surface area contributed by atoms with Crippen LogP contribution in [0.25, 0.3) is 0 Å². The summed E-state index contributed by atoms with van der Waals surface area (Å²) in [4.78, 5) is 0. The zero-order valence-electron chi connectivity index (χ0n) is 13.5. The lowest BCUT2D eigenvalue weighted by Crippen LogP contribution is -2.24. The van der Waals surface area contributed by atoms with Crippen LogP contribution in [0, 0.1) is 27.7 Å². The van der Waals surface area contributed by atoms with Crippen molar-refractivity contribution in [2.45, 2.75) is 40.7 Å². The summed E-state index contributed by atoms with van der Waals surface area (Å²) in [5, 5.41) is 3.65. The van der Waals surface area contributed by atoms with Gasteiger partial charge >= 0.3 is 0 Å². The van der Waals surface area contributed by atoms with E-state index in [1.807, 2.05) is 0 Å². The van der Waals surface area contributed by atoms with Crippen molar-refractivity contribution in [3.8, 4) is 0 Å². The highest BCUT2D eigenvalue weighted by Crippen LogP contribution is 2.30. The first-order valence-electron chi connectivity index (χ1n) is 7.51. The van der Waals surface area contributed by atoms with Crippen LogP contribution in [0.4, 0.5) is 0 Å². The lowest BCUT2D eigenvalue weighted by molar-refractivity contribution is 0.624. The van der Waals surface area contributed by atoms with Gasteiger partial charge in [-0.3, -0.25) is 0 Å². The summed E-state index contributed by atoms with van der Waals surface area (Å²) in [7, 11) is 0. The molecule has 0 aliphatic carbocycles. The summed E-state index contributed by atoms with van der Waals surface area (Å²) in [6, 6.07) is 11.4. The first-order valence-corrected chi connectivity index (χ1v) is 8.30. The molecule has 2 heteroatoms. The number of aryl methyl sites for hydroxylation is 4. The Labute approximate surface area is 136 Å². The van der Waals surface area contributed by atoms with Crippen LogP contribution in [-0.2, 0) is 0 Å². The lowest BCUT2D eigenvalue weighted by Gasteiger charge is -2.24. The number of nitrogens with one attached hydrogen (secondary N) is 1. The third kappa shape index (κ3) is 3.56. The van der Waals surface area contributed by atoms with Crippen molar-refractivity contribution in [3.05, 3.63) is 68.2 Å². The van der Waals surface area contributed by atoms with Gasteiger partial charge in [0.25, 0.3) is 0 Å². The first-order chi connectivity index (χ1) is 9.93. The highest BCUT2D eigenvalue weighted by atomic mass is 79.9. The predicted octanol–water partition coefficient (Wildman–Crippen LogP) is 5.38. The van der Waals surface area contributed by atoms with Crippen molar-refractivity contribution in [2.75, 3.05) is 6.54 Å². The van der Waals surface area contributed by atoms with E-state index in [1.54, 1.807) is 0 Å². The van der Waals surface area contributed by atoms with Gasteiger partial charge in [-0.05, 0) is 68.1 Å². The van der Waals surface area contributed by atoms with Crippen molar-refractivity contribution < 1.29 is 0 Å². The molecule has 0 spiro atoms. The average Bonchev–Trinajstić information content (AvgIpc) is 2.40. The number of hydrogen-bond donors (Lipinski definition) is 1. The molecular formula is C19H24BrN. The second-order valence-corrected chi connectivity index (χ2v) is 6.67. The molecular weight excluding hydrogens is 322 g/mol. The van der Waals surface area contributed by atoms with Crippen molar-refractivity contribution in [3.63, 3.8) is 0 Å². The molecule has 1 atom stereocenters. The molecule has 0 saturated heterocycles. The summed E-state index contributed by atoms with van der Waals surface area (Å²) < 4.78 is 1.17. The van der Waals surface area contributed by atoms with E-state index in [0.29, 0.717) is 0 Å². The van der Waals surface area contributed by atoms with Gasteiger partial charge in [0.15, 0.2) is 0 Å². The zero-order valence-corrected chi connectivity index (χ0v) is 15.1. The lowest BCUT2D eigenvalue weighted by atomic mass is 9.89. The maximum atomic E-state index is 3.65. The minimum absolute atomic E-state index is 0.252. The number of halogens is 1. The summed E-state index contributed by atoms with van der Waals surface area (Å²) in [6.45, 7) is 11.8. The molecule has 0 aliphatic rings. The smallest absolute Gasteiger partial charge is 0.0581 e. The van der Waals surface area contributed by atoms with Gasteiger partial charge in [-0.2, -0.15) is 0 Å². The molecule has 2 aromatic rings. The van der Waals surface area contributed by atoms with Gasteiger partial charge in [0.05, 0.1) is 6.04 Å². The van der Waals surface area contributed by atoms with E-state index in [2.05, 4.69) is 86.2 Å². The van der Waals surface area contributed by atoms with Crippen LogP contribution >= 0.6 is 15.9 Å². The molecule has 0 aliphatic heterocycles. The molecule has 112 valence electrons. The average molecular weight is 346 g/mol. The van der Waals surface area contributed by atoms with E-state index in [1.165, 1.54) is 37.9 Å². The van der Waals surface area contributed by atoms with Crippen LogP contribution in [0.3, 0.4) is 0 Å². The largest absolute Gasteiger partial charge is 0.307 e. The quantitative estimate of drug-likeness (QED) is 0.783. The Hall–Kier alpha value is -1.12. The summed E-state index contributed by atoms with van der Waals surface area (Å²) >= 11 is 3.59. The van der Waals surface area contributed by atoms with Crippen molar-refractivity contribution in [2.24, 2.45) is 0 Å². The van der Waals surface area contributed by atoms with Crippen molar-refractivity contribution in [1.29, 1.82) is 0 Å². The molecule has 0 aromatic heterocycles. The number of hydrogen-bond acceptors (Lipinski definition) is 1. The highest BCUT2D eigenvalue weighted by molar-refractivity contribution is 9.10. The number of rotatable bonds is 4. The number of benzene rings is 2. The fourth-order valence-corrected chi connectivity index (χ4v) is 3.33. The molecule has 0 saturated carbocycles. The third-order valence-corrected chi connectivity index (χ3v) is 4.84. The Morgan fingerprint density at radius 3 is 2.10 bits per heavy atom. The standard InChI is InChI=1S/C19H24BrN/c1-6-21-19(16-7-8-17(20)13(3)11-16)18-14(4)9-12(2)10-15(18)5/h7-11,19,21H,6H2,1-5H3. The normalized spacial score (nSPS) is 12.5. The Morgan fingerprint density at radius 1 is 0.952 bits per heavy atom. The molecule has 21 heavy (non-hydrogen) atoms.